The molecular weight excluding hydrogens is 321 g/mol. The number of methoxy groups -OCH3 is 1. The number of hydrogen-bond donors (Lipinski definition) is 1. The van der Waals surface area contributed by atoms with Crippen molar-refractivity contribution in [1.29, 1.82) is 0 Å². The minimum absolute atomic E-state index is 0.0239. The average molecular weight is 336 g/mol. The summed E-state index contributed by atoms with van der Waals surface area (Å²) in [4.78, 5) is 25.9. The number of nitrogens with zero attached hydrogens (tertiary/aromatic N) is 1. The van der Waals surface area contributed by atoms with E-state index in [9.17, 15) is 22.8 Å². The lowest BCUT2D eigenvalue weighted by Crippen LogP contribution is -2.43. The molecule has 0 aromatic carbocycles. The molecule has 1 unspecified atom stereocenters. The summed E-state index contributed by atoms with van der Waals surface area (Å²) in [6.07, 6.45) is -4.28. The van der Waals surface area contributed by atoms with E-state index < -0.39 is 30.6 Å². The van der Waals surface area contributed by atoms with Crippen LogP contribution in [0.5, 0.6) is 5.75 Å². The Bertz CT molecular complexity index is 586. The van der Waals surface area contributed by atoms with Gasteiger partial charge >= 0.3 is 6.18 Å². The fraction of sp³-hybridized carbons (Fsp3) is 0.538. The first kappa shape index (κ1) is 16.6. The number of hydrogen-bond acceptors (Lipinski definition) is 4. The van der Waals surface area contributed by atoms with E-state index in [0.717, 1.165) is 4.88 Å². The highest BCUT2D eigenvalue weighted by atomic mass is 32.1. The third-order valence-corrected chi connectivity index (χ3v) is 4.25. The zero-order chi connectivity index (χ0) is 16.5. The second-order valence-electron chi connectivity index (χ2n) is 4.94. The Morgan fingerprint density at radius 1 is 1.55 bits per heavy atom. The van der Waals surface area contributed by atoms with Gasteiger partial charge in [-0.05, 0) is 19.4 Å². The van der Waals surface area contributed by atoms with Crippen LogP contribution in [-0.2, 0) is 4.79 Å². The Hall–Kier alpha value is -1.77. The molecule has 1 aromatic heterocycles. The Balaban J connectivity index is 2.02. The number of halogens is 3. The van der Waals surface area contributed by atoms with Crippen LogP contribution in [0, 0.1) is 6.92 Å². The average Bonchev–Trinajstić information content (AvgIpc) is 2.94. The van der Waals surface area contributed by atoms with E-state index in [-0.39, 0.29) is 13.0 Å². The number of ether oxygens (including phenoxy) is 1. The van der Waals surface area contributed by atoms with E-state index in [4.69, 9.17) is 4.74 Å². The first-order valence-corrected chi connectivity index (χ1v) is 7.33. The molecule has 5 nitrogen and oxygen atoms in total. The van der Waals surface area contributed by atoms with Gasteiger partial charge in [0.1, 0.15) is 23.2 Å². The smallest absolute Gasteiger partial charge is 0.406 e. The number of alkyl halides is 3. The van der Waals surface area contributed by atoms with E-state index in [0.29, 0.717) is 15.5 Å². The second-order valence-corrected chi connectivity index (χ2v) is 6.20. The largest absolute Gasteiger partial charge is 0.495 e. The maximum absolute atomic E-state index is 12.3. The van der Waals surface area contributed by atoms with Crippen molar-refractivity contribution in [2.75, 3.05) is 20.2 Å². The van der Waals surface area contributed by atoms with Gasteiger partial charge in [-0.1, -0.05) is 0 Å². The maximum atomic E-state index is 12.3. The monoisotopic (exact) mass is 336 g/mol. The topological polar surface area (TPSA) is 58.6 Å². The Labute approximate surface area is 129 Å². The lowest BCUT2D eigenvalue weighted by molar-refractivity contribution is -0.157. The minimum atomic E-state index is -4.44. The van der Waals surface area contributed by atoms with Crippen molar-refractivity contribution in [2.45, 2.75) is 25.6 Å². The number of thiophene rings is 1. The van der Waals surface area contributed by atoms with Crippen molar-refractivity contribution in [2.24, 2.45) is 0 Å². The number of carbonyl (C=O) groups is 2. The number of rotatable bonds is 4. The standard InChI is InChI=1S/C13H15F3N2O3S/c1-7-5-9(21-2)10(22-7)11(19)17-8-3-4-18(12(8)20)6-13(14,15)16/h5,8H,3-4,6H2,1-2H3,(H,17,19). The number of aryl methyl sites for hydroxylation is 1. The van der Waals surface area contributed by atoms with Gasteiger partial charge in [-0.2, -0.15) is 13.2 Å². The van der Waals surface area contributed by atoms with Gasteiger partial charge < -0.3 is 15.0 Å². The molecule has 2 rings (SSSR count). The van der Waals surface area contributed by atoms with Crippen molar-refractivity contribution in [3.8, 4) is 5.75 Å². The van der Waals surface area contributed by atoms with Crippen LogP contribution in [0.3, 0.4) is 0 Å². The predicted molar refractivity (Wildman–Crippen MR) is 74.1 cm³/mol. The van der Waals surface area contributed by atoms with Gasteiger partial charge in [0.25, 0.3) is 5.91 Å². The molecule has 122 valence electrons. The van der Waals surface area contributed by atoms with Gasteiger partial charge in [0, 0.05) is 11.4 Å². The third kappa shape index (κ3) is 3.70. The van der Waals surface area contributed by atoms with Gasteiger partial charge in [-0.25, -0.2) is 0 Å². The molecule has 22 heavy (non-hydrogen) atoms. The molecule has 0 saturated carbocycles. The number of likely N-dealkylation sites (tertiary alicyclic amines) is 1. The first-order valence-electron chi connectivity index (χ1n) is 6.52. The molecule has 0 bridgehead atoms. The van der Waals surface area contributed by atoms with Crippen molar-refractivity contribution in [3.05, 3.63) is 15.8 Å². The summed E-state index contributed by atoms with van der Waals surface area (Å²) in [5.41, 5.74) is 0. The normalized spacial score (nSPS) is 18.7. The third-order valence-electron chi connectivity index (χ3n) is 3.22. The van der Waals surface area contributed by atoms with Gasteiger partial charge in [-0.3, -0.25) is 9.59 Å². The first-order chi connectivity index (χ1) is 10.2. The molecule has 1 aromatic rings. The Morgan fingerprint density at radius 3 is 2.82 bits per heavy atom. The molecule has 9 heteroatoms. The summed E-state index contributed by atoms with van der Waals surface area (Å²) < 4.78 is 42.1. The zero-order valence-corrected chi connectivity index (χ0v) is 12.8. The summed E-state index contributed by atoms with van der Waals surface area (Å²) in [6, 6.07) is 0.758. The van der Waals surface area contributed by atoms with Gasteiger partial charge in [0.05, 0.1) is 7.11 Å². The van der Waals surface area contributed by atoms with Crippen molar-refractivity contribution >= 4 is 23.2 Å². The van der Waals surface area contributed by atoms with Gasteiger partial charge in [-0.15, -0.1) is 11.3 Å². The molecule has 2 heterocycles. The fourth-order valence-corrected chi connectivity index (χ4v) is 3.15. The van der Waals surface area contributed by atoms with Crippen LogP contribution in [-0.4, -0.2) is 49.1 Å². The second kappa shape index (κ2) is 6.15. The van der Waals surface area contributed by atoms with E-state index in [1.807, 2.05) is 0 Å². The highest BCUT2D eigenvalue weighted by Gasteiger charge is 2.40. The van der Waals surface area contributed by atoms with Gasteiger partial charge in [0.2, 0.25) is 5.91 Å². The SMILES string of the molecule is COc1cc(C)sc1C(=O)NC1CCN(CC(F)(F)F)C1=O. The quantitative estimate of drug-likeness (QED) is 0.914. The van der Waals surface area contributed by atoms with Crippen molar-refractivity contribution in [1.82, 2.24) is 10.2 Å². The minimum Gasteiger partial charge on any atom is -0.495 e. The Kier molecular flexibility index (Phi) is 4.64. The molecular formula is C13H15F3N2O3S. The summed E-state index contributed by atoms with van der Waals surface area (Å²) in [7, 11) is 1.42. The zero-order valence-electron chi connectivity index (χ0n) is 12.0. The van der Waals surface area contributed by atoms with E-state index in [1.54, 1.807) is 13.0 Å². The molecule has 0 spiro atoms. The summed E-state index contributed by atoms with van der Waals surface area (Å²) in [5.74, 6) is -0.835. The number of nitrogens with one attached hydrogen (secondary N) is 1. The Morgan fingerprint density at radius 2 is 2.23 bits per heavy atom. The van der Waals surface area contributed by atoms with E-state index in [2.05, 4.69) is 5.32 Å². The summed E-state index contributed by atoms with van der Waals surface area (Å²) in [5, 5.41) is 2.48. The van der Waals surface area contributed by atoms with Crippen LogP contribution in [0.1, 0.15) is 21.0 Å². The highest BCUT2D eigenvalue weighted by Crippen LogP contribution is 2.29. The molecule has 1 N–H and O–H groups in total. The molecule has 1 atom stereocenters. The van der Waals surface area contributed by atoms with Crippen LogP contribution in [0.25, 0.3) is 0 Å². The van der Waals surface area contributed by atoms with Crippen molar-refractivity contribution in [3.63, 3.8) is 0 Å². The number of amides is 2. The molecule has 1 saturated heterocycles. The number of carbonyl (C=O) groups excluding carboxylic acids is 2. The van der Waals surface area contributed by atoms with E-state index >= 15 is 0 Å². The lowest BCUT2D eigenvalue weighted by atomic mass is 10.2. The van der Waals surface area contributed by atoms with Crippen LogP contribution < -0.4 is 10.1 Å². The molecule has 0 aliphatic carbocycles. The van der Waals surface area contributed by atoms with Crippen molar-refractivity contribution < 1.29 is 27.5 Å². The molecule has 1 fully saturated rings. The van der Waals surface area contributed by atoms with Gasteiger partial charge in [0.15, 0.2) is 0 Å². The highest BCUT2D eigenvalue weighted by molar-refractivity contribution is 7.14. The van der Waals surface area contributed by atoms with E-state index in [1.165, 1.54) is 18.4 Å². The predicted octanol–water partition coefficient (Wildman–Crippen LogP) is 1.96. The fourth-order valence-electron chi connectivity index (χ4n) is 2.27. The van der Waals surface area contributed by atoms with Crippen LogP contribution in [0.4, 0.5) is 13.2 Å². The maximum Gasteiger partial charge on any atom is 0.406 e. The van der Waals surface area contributed by atoms with Crippen LogP contribution >= 0.6 is 11.3 Å². The molecule has 0 radical (unpaired) electrons. The van der Waals surface area contributed by atoms with Crippen LogP contribution in [0.2, 0.25) is 0 Å². The lowest BCUT2D eigenvalue weighted by Gasteiger charge is -2.18. The van der Waals surface area contributed by atoms with Crippen LogP contribution in [0.15, 0.2) is 6.07 Å². The molecule has 1 aliphatic rings. The molecule has 1 aliphatic heterocycles. The molecule has 2 amide bonds. The summed E-state index contributed by atoms with van der Waals surface area (Å²) in [6.45, 7) is 0.485. The summed E-state index contributed by atoms with van der Waals surface area (Å²) >= 11 is 1.20.